The molecular weight excluding hydrogens is 476 g/mol. The van der Waals surface area contributed by atoms with Gasteiger partial charge in [-0.3, -0.25) is 15.0 Å². The van der Waals surface area contributed by atoms with Crippen molar-refractivity contribution in [1.29, 1.82) is 0 Å². The Hall–Kier alpha value is -3.85. The normalized spacial score (nSPS) is 17.8. The molecule has 194 valence electrons. The number of hydrazine groups is 1. The van der Waals surface area contributed by atoms with Crippen LogP contribution in [0.15, 0.2) is 64.2 Å². The number of aliphatic imine (C=N–C) groups is 2. The molecule has 0 spiro atoms. The molecule has 9 heteroatoms. The standard InChI is InChI=1S/C28H31F2N5O2/c1-20-16-32-19-33(17-20)25-10-6-21(14-27(25)37-3)7-11-28(31-2)35-13-5-4-12-34(35)26(18-36)22-8-9-23(29)24(30)15-22/h6-11,14-15,17-19,26H,4-5,12-13,16H2,1-3H3/b11-7+,31-28?. The van der Waals surface area contributed by atoms with Gasteiger partial charge in [0.2, 0.25) is 0 Å². The van der Waals surface area contributed by atoms with E-state index in [0.29, 0.717) is 36.8 Å². The zero-order chi connectivity index (χ0) is 26.4. The van der Waals surface area contributed by atoms with E-state index in [1.807, 2.05) is 58.4 Å². The SMILES string of the molecule is CN=C(/C=C/c1ccc(N2C=NCC(C)=C2)c(OC)c1)N1CCCCN1C(C=O)c1ccc(F)c(F)c1. The van der Waals surface area contributed by atoms with Crippen molar-refractivity contribution in [1.82, 2.24) is 10.0 Å². The van der Waals surface area contributed by atoms with Crippen molar-refractivity contribution in [2.75, 3.05) is 38.7 Å². The summed E-state index contributed by atoms with van der Waals surface area (Å²) in [7, 11) is 3.32. The number of hydrogen-bond acceptors (Lipinski definition) is 6. The first-order chi connectivity index (χ1) is 17.9. The Morgan fingerprint density at radius 1 is 1.14 bits per heavy atom. The van der Waals surface area contributed by atoms with Gasteiger partial charge in [-0.1, -0.05) is 18.2 Å². The Labute approximate surface area is 216 Å². The second-order valence-electron chi connectivity index (χ2n) is 8.93. The van der Waals surface area contributed by atoms with Crippen LogP contribution >= 0.6 is 0 Å². The highest BCUT2D eigenvalue weighted by Crippen LogP contribution is 2.31. The molecule has 1 saturated heterocycles. The highest BCUT2D eigenvalue weighted by atomic mass is 19.2. The average molecular weight is 508 g/mol. The first kappa shape index (κ1) is 26.2. The van der Waals surface area contributed by atoms with Crippen LogP contribution in [0.25, 0.3) is 6.08 Å². The van der Waals surface area contributed by atoms with Crippen molar-refractivity contribution in [2.45, 2.75) is 25.8 Å². The lowest BCUT2D eigenvalue weighted by Crippen LogP contribution is -2.51. The summed E-state index contributed by atoms with van der Waals surface area (Å²) in [5.74, 6) is -0.564. The van der Waals surface area contributed by atoms with Gasteiger partial charge in [0.1, 0.15) is 23.9 Å². The van der Waals surface area contributed by atoms with Gasteiger partial charge in [0.15, 0.2) is 11.6 Å². The van der Waals surface area contributed by atoms with Crippen molar-refractivity contribution >= 4 is 30.2 Å². The molecule has 0 bridgehead atoms. The summed E-state index contributed by atoms with van der Waals surface area (Å²) in [6.45, 7) is 3.95. The summed E-state index contributed by atoms with van der Waals surface area (Å²) in [5.41, 5.74) is 3.34. The maximum atomic E-state index is 13.9. The number of aldehydes is 1. The zero-order valence-electron chi connectivity index (χ0n) is 21.3. The van der Waals surface area contributed by atoms with Crippen LogP contribution < -0.4 is 9.64 Å². The Bertz CT molecular complexity index is 1260. The highest BCUT2D eigenvalue weighted by molar-refractivity contribution is 5.96. The molecule has 2 aromatic carbocycles. The number of anilines is 1. The van der Waals surface area contributed by atoms with Gasteiger partial charge in [0, 0.05) is 26.3 Å². The molecule has 2 aliphatic heterocycles. The molecule has 1 unspecified atom stereocenters. The number of ether oxygens (including phenoxy) is 1. The van der Waals surface area contributed by atoms with Crippen LogP contribution in [0.4, 0.5) is 14.5 Å². The number of carbonyl (C=O) groups excluding carboxylic acids is 1. The first-order valence-corrected chi connectivity index (χ1v) is 12.2. The Morgan fingerprint density at radius 3 is 2.65 bits per heavy atom. The largest absolute Gasteiger partial charge is 0.495 e. The molecule has 0 saturated carbocycles. The lowest BCUT2D eigenvalue weighted by molar-refractivity contribution is -0.119. The third-order valence-electron chi connectivity index (χ3n) is 6.36. The van der Waals surface area contributed by atoms with Crippen LogP contribution in [-0.2, 0) is 4.79 Å². The van der Waals surface area contributed by atoms with Crippen LogP contribution in [0.5, 0.6) is 5.75 Å². The van der Waals surface area contributed by atoms with Crippen molar-refractivity contribution in [3.8, 4) is 5.75 Å². The van der Waals surface area contributed by atoms with E-state index >= 15 is 0 Å². The van der Waals surface area contributed by atoms with E-state index in [0.717, 1.165) is 48.1 Å². The molecule has 0 aliphatic carbocycles. The van der Waals surface area contributed by atoms with Crippen molar-refractivity contribution in [3.05, 3.63) is 77.0 Å². The van der Waals surface area contributed by atoms with Gasteiger partial charge in [0.05, 0.1) is 25.7 Å². The van der Waals surface area contributed by atoms with Crippen molar-refractivity contribution in [3.63, 3.8) is 0 Å². The van der Waals surface area contributed by atoms with E-state index in [4.69, 9.17) is 4.74 Å². The smallest absolute Gasteiger partial charge is 0.159 e. The van der Waals surface area contributed by atoms with E-state index in [1.165, 1.54) is 6.07 Å². The summed E-state index contributed by atoms with van der Waals surface area (Å²) in [5, 5.41) is 3.80. The second-order valence-corrected chi connectivity index (χ2v) is 8.93. The molecule has 2 aliphatic rings. The van der Waals surface area contributed by atoms with Gasteiger partial charge in [-0.25, -0.2) is 13.8 Å². The lowest BCUT2D eigenvalue weighted by Gasteiger charge is -2.42. The summed E-state index contributed by atoms with van der Waals surface area (Å²) in [6, 6.07) is 8.71. The van der Waals surface area contributed by atoms with Crippen molar-refractivity contribution < 1.29 is 18.3 Å². The Kier molecular flexibility index (Phi) is 8.45. The third-order valence-corrected chi connectivity index (χ3v) is 6.36. The minimum atomic E-state index is -0.976. The molecule has 2 aromatic rings. The van der Waals surface area contributed by atoms with Gasteiger partial charge in [-0.05, 0) is 66.8 Å². The van der Waals surface area contributed by atoms with E-state index in [9.17, 15) is 13.6 Å². The van der Waals surface area contributed by atoms with Gasteiger partial charge in [-0.15, -0.1) is 0 Å². The Balaban J connectivity index is 1.58. The molecule has 0 radical (unpaired) electrons. The van der Waals surface area contributed by atoms with Crippen LogP contribution in [0.2, 0.25) is 0 Å². The molecule has 1 atom stereocenters. The summed E-state index contributed by atoms with van der Waals surface area (Å²) < 4.78 is 33.1. The molecule has 4 rings (SSSR count). The van der Waals surface area contributed by atoms with E-state index in [1.54, 1.807) is 20.5 Å². The van der Waals surface area contributed by atoms with Gasteiger partial charge >= 0.3 is 0 Å². The number of carbonyl (C=O) groups is 1. The molecule has 0 aromatic heterocycles. The van der Waals surface area contributed by atoms with E-state index in [-0.39, 0.29) is 0 Å². The maximum absolute atomic E-state index is 13.9. The number of methoxy groups -OCH3 is 1. The minimum Gasteiger partial charge on any atom is -0.495 e. The average Bonchev–Trinajstić information content (AvgIpc) is 2.92. The fraction of sp³-hybridized carbons (Fsp3) is 0.321. The Morgan fingerprint density at radius 2 is 1.95 bits per heavy atom. The number of amidine groups is 1. The molecule has 37 heavy (non-hydrogen) atoms. The third kappa shape index (κ3) is 5.94. The minimum absolute atomic E-state index is 0.395. The number of hydrogen-bond donors (Lipinski definition) is 0. The fourth-order valence-electron chi connectivity index (χ4n) is 4.51. The summed E-state index contributed by atoms with van der Waals surface area (Å²) in [4.78, 5) is 22.9. The van der Waals surface area contributed by atoms with Crippen LogP contribution in [0.1, 0.15) is 36.9 Å². The molecule has 0 amide bonds. The van der Waals surface area contributed by atoms with Gasteiger partial charge in [-0.2, -0.15) is 0 Å². The quantitative estimate of drug-likeness (QED) is 0.299. The van der Waals surface area contributed by atoms with Gasteiger partial charge < -0.3 is 14.4 Å². The molecular formula is C28H31F2N5O2. The molecule has 0 N–H and O–H groups in total. The number of nitrogens with zero attached hydrogens (tertiary/aromatic N) is 5. The predicted molar refractivity (Wildman–Crippen MR) is 143 cm³/mol. The van der Waals surface area contributed by atoms with E-state index in [2.05, 4.69) is 9.98 Å². The number of halogens is 2. The maximum Gasteiger partial charge on any atom is 0.159 e. The number of benzene rings is 2. The summed E-state index contributed by atoms with van der Waals surface area (Å²) in [6.07, 6.45) is 10.2. The highest BCUT2D eigenvalue weighted by Gasteiger charge is 2.30. The van der Waals surface area contributed by atoms with Crippen LogP contribution in [0.3, 0.4) is 0 Å². The first-order valence-electron chi connectivity index (χ1n) is 12.2. The summed E-state index contributed by atoms with van der Waals surface area (Å²) >= 11 is 0. The molecule has 7 nitrogen and oxygen atoms in total. The fourth-order valence-corrected chi connectivity index (χ4v) is 4.51. The van der Waals surface area contributed by atoms with Crippen molar-refractivity contribution in [2.24, 2.45) is 9.98 Å². The van der Waals surface area contributed by atoms with E-state index < -0.39 is 17.7 Å². The second kappa shape index (κ2) is 11.9. The predicted octanol–water partition coefficient (Wildman–Crippen LogP) is 5.02. The zero-order valence-corrected chi connectivity index (χ0v) is 21.3. The lowest BCUT2D eigenvalue weighted by atomic mass is 10.1. The van der Waals surface area contributed by atoms with Gasteiger partial charge in [0.25, 0.3) is 0 Å². The topological polar surface area (TPSA) is 60.7 Å². The molecule has 2 heterocycles. The molecule has 1 fully saturated rings. The number of rotatable bonds is 7. The van der Waals surface area contributed by atoms with Crippen LogP contribution in [-0.4, -0.2) is 62.3 Å². The van der Waals surface area contributed by atoms with Crippen LogP contribution in [0, 0.1) is 11.6 Å². The monoisotopic (exact) mass is 507 g/mol.